The Labute approximate surface area is 152 Å². The van der Waals surface area contributed by atoms with E-state index in [1.807, 2.05) is 18.2 Å². The fourth-order valence-electron chi connectivity index (χ4n) is 2.47. The fraction of sp³-hybridized carbons (Fsp3) is 0.125. The molecule has 0 aliphatic heterocycles. The summed E-state index contributed by atoms with van der Waals surface area (Å²) >= 11 is 7.87. The second kappa shape index (κ2) is 7.27. The van der Waals surface area contributed by atoms with Gasteiger partial charge in [-0.1, -0.05) is 0 Å². The van der Waals surface area contributed by atoms with Gasteiger partial charge in [-0.2, -0.15) is 0 Å². The summed E-state index contributed by atoms with van der Waals surface area (Å²) in [6.45, 7) is 2.22. The minimum absolute atomic E-state index is 0. The summed E-state index contributed by atoms with van der Waals surface area (Å²) in [6, 6.07) is 14.6. The quantitative estimate of drug-likeness (QED) is 0.576. The Morgan fingerprint density at radius 2 is 1.60 bits per heavy atom. The number of allylic oxidation sites excluding steroid dienone is 1. The first kappa shape index (κ1) is 18.0. The zero-order chi connectivity index (χ0) is 12.7. The van der Waals surface area contributed by atoms with Crippen LogP contribution in [0.15, 0.2) is 48.0 Å². The molecule has 1 aliphatic carbocycles. The van der Waals surface area contributed by atoms with Crippen molar-refractivity contribution in [3.63, 3.8) is 0 Å². The predicted octanol–water partition coefficient (Wildman–Crippen LogP) is -0.980. The van der Waals surface area contributed by atoms with Crippen LogP contribution < -0.4 is 24.8 Å². The van der Waals surface area contributed by atoms with E-state index in [-0.39, 0.29) is 24.8 Å². The van der Waals surface area contributed by atoms with E-state index in [0.29, 0.717) is 3.63 Å². The number of halogens is 3. The molecule has 0 amide bonds. The van der Waals surface area contributed by atoms with Crippen LogP contribution in [0, 0.1) is 0 Å². The molecule has 0 fully saturated rings. The fourth-order valence-corrected chi connectivity index (χ4v) is 3.53. The topological polar surface area (TPSA) is 0 Å². The van der Waals surface area contributed by atoms with Crippen LogP contribution in [0.3, 0.4) is 0 Å². The molecule has 0 saturated heterocycles. The van der Waals surface area contributed by atoms with Crippen LogP contribution in [0.4, 0.5) is 0 Å². The molecule has 0 radical (unpaired) electrons. The van der Waals surface area contributed by atoms with E-state index < -0.39 is 0 Å². The Hall–Kier alpha value is -0.0669. The number of hydrogen-bond donors (Lipinski definition) is 0. The molecular weight excluding hydrogens is 390 g/mol. The van der Waals surface area contributed by atoms with Crippen LogP contribution >= 0.6 is 11.6 Å². The van der Waals surface area contributed by atoms with E-state index in [1.165, 1.54) is 22.3 Å². The number of benzene rings is 2. The number of rotatable bonds is 1. The Kier molecular flexibility index (Phi) is 6.54. The molecule has 20 heavy (non-hydrogen) atoms. The summed E-state index contributed by atoms with van der Waals surface area (Å²) in [5.74, 6) is 0. The SMILES string of the molecule is CC1=Cc2c(-c3ccccc3Cl)cccc2[CH]1[Zr+2].[Cl-].[Cl-]. The second-order valence-electron chi connectivity index (χ2n) is 4.61. The Morgan fingerprint density at radius 3 is 2.30 bits per heavy atom. The first-order valence-electron chi connectivity index (χ1n) is 5.95. The van der Waals surface area contributed by atoms with Crippen molar-refractivity contribution in [1.29, 1.82) is 0 Å². The van der Waals surface area contributed by atoms with Crippen LogP contribution in [-0.2, 0) is 24.7 Å². The molecule has 0 N–H and O–H groups in total. The Balaban J connectivity index is 0.000001000. The van der Waals surface area contributed by atoms with E-state index in [1.54, 1.807) is 24.7 Å². The molecule has 3 rings (SSSR count). The second-order valence-corrected chi connectivity index (χ2v) is 6.44. The van der Waals surface area contributed by atoms with E-state index in [0.717, 1.165) is 10.6 Å². The van der Waals surface area contributed by atoms with Crippen LogP contribution in [0.1, 0.15) is 21.7 Å². The van der Waals surface area contributed by atoms with Gasteiger partial charge >= 0.3 is 128 Å². The van der Waals surface area contributed by atoms with Crippen molar-refractivity contribution in [2.45, 2.75) is 10.5 Å². The van der Waals surface area contributed by atoms with E-state index >= 15 is 0 Å². The van der Waals surface area contributed by atoms with Crippen molar-refractivity contribution in [3.8, 4) is 11.1 Å². The van der Waals surface area contributed by atoms with Gasteiger partial charge in [0, 0.05) is 0 Å². The van der Waals surface area contributed by atoms with Gasteiger partial charge < -0.3 is 24.8 Å². The largest absolute Gasteiger partial charge is 1.00 e. The first-order valence-corrected chi connectivity index (χ1v) is 7.75. The number of hydrogen-bond acceptors (Lipinski definition) is 0. The maximum atomic E-state index is 6.32. The summed E-state index contributed by atoms with van der Waals surface area (Å²) < 4.78 is 0.606. The van der Waals surface area contributed by atoms with Crippen LogP contribution in [0.25, 0.3) is 17.2 Å². The normalized spacial score (nSPS) is 15.8. The van der Waals surface area contributed by atoms with Gasteiger partial charge in [-0.25, -0.2) is 0 Å². The Bertz CT molecular complexity index is 650. The van der Waals surface area contributed by atoms with E-state index in [9.17, 15) is 0 Å². The molecule has 0 saturated carbocycles. The van der Waals surface area contributed by atoms with Crippen LogP contribution in [0.2, 0.25) is 5.02 Å². The molecule has 4 heteroatoms. The van der Waals surface area contributed by atoms with Gasteiger partial charge in [0.05, 0.1) is 0 Å². The van der Waals surface area contributed by atoms with E-state index in [2.05, 4.69) is 37.3 Å². The van der Waals surface area contributed by atoms with Gasteiger partial charge in [-0.05, 0) is 0 Å². The van der Waals surface area contributed by atoms with Crippen LogP contribution in [-0.4, -0.2) is 0 Å². The monoisotopic (exact) mass is 399 g/mol. The summed E-state index contributed by atoms with van der Waals surface area (Å²) in [6.07, 6.45) is 2.31. The molecule has 0 bridgehead atoms. The third kappa shape index (κ3) is 3.07. The molecule has 101 valence electrons. The van der Waals surface area contributed by atoms with Crippen molar-refractivity contribution in [3.05, 3.63) is 64.2 Å². The average Bonchev–Trinajstić information content (AvgIpc) is 2.67. The predicted molar refractivity (Wildman–Crippen MR) is 73.3 cm³/mol. The minimum atomic E-state index is 0. The molecule has 1 aliphatic rings. The average molecular weight is 402 g/mol. The molecule has 0 heterocycles. The van der Waals surface area contributed by atoms with Crippen molar-refractivity contribution < 1.29 is 49.5 Å². The van der Waals surface area contributed by atoms with Gasteiger partial charge in [-0.3, -0.25) is 0 Å². The minimum Gasteiger partial charge on any atom is -1.00 e. The summed E-state index contributed by atoms with van der Waals surface area (Å²) in [7, 11) is 0. The smallest absolute Gasteiger partial charge is 1.00 e. The van der Waals surface area contributed by atoms with Gasteiger partial charge in [0.2, 0.25) is 0 Å². The summed E-state index contributed by atoms with van der Waals surface area (Å²) in [4.78, 5) is 0. The van der Waals surface area contributed by atoms with Gasteiger partial charge in [0.15, 0.2) is 0 Å². The molecule has 2 aromatic rings. The van der Waals surface area contributed by atoms with Gasteiger partial charge in [-0.15, -0.1) is 0 Å². The zero-order valence-electron chi connectivity index (χ0n) is 10.8. The zero-order valence-corrected chi connectivity index (χ0v) is 15.6. The van der Waals surface area contributed by atoms with Crippen molar-refractivity contribution in [1.82, 2.24) is 0 Å². The van der Waals surface area contributed by atoms with Gasteiger partial charge in [0.25, 0.3) is 0 Å². The molecule has 2 aromatic carbocycles. The van der Waals surface area contributed by atoms with Crippen molar-refractivity contribution in [2.75, 3.05) is 0 Å². The third-order valence-corrected chi connectivity index (χ3v) is 5.66. The maximum absolute atomic E-state index is 6.32. The molecule has 1 atom stereocenters. The molecule has 0 spiro atoms. The summed E-state index contributed by atoms with van der Waals surface area (Å²) in [5, 5.41) is 0.824. The van der Waals surface area contributed by atoms with Gasteiger partial charge in [0.1, 0.15) is 0 Å². The molecule has 1 unspecified atom stereocenters. The number of fused-ring (bicyclic) bond motifs is 1. The van der Waals surface area contributed by atoms with Crippen molar-refractivity contribution in [2.24, 2.45) is 0 Å². The maximum Gasteiger partial charge on any atom is -1.00 e. The molecule has 0 aromatic heterocycles. The van der Waals surface area contributed by atoms with Crippen molar-refractivity contribution >= 4 is 17.7 Å². The summed E-state index contributed by atoms with van der Waals surface area (Å²) in [5.41, 5.74) is 6.64. The standard InChI is InChI=1S/C16H12Cl.2ClH.Zr/c1-11-9-12-5-4-7-13(15(12)10-11)14-6-2-3-8-16(14)17;;;/h2-10H,1H3;2*1H;/q;;;+2/p-2. The van der Waals surface area contributed by atoms with E-state index in [4.69, 9.17) is 11.6 Å². The third-order valence-electron chi connectivity index (χ3n) is 3.44. The molecular formula is C16H12Cl3Zr. The molecule has 0 nitrogen and oxygen atoms in total. The first-order chi connectivity index (χ1) is 8.68. The van der Waals surface area contributed by atoms with Crippen LogP contribution in [0.5, 0.6) is 0 Å². The Morgan fingerprint density at radius 1 is 0.950 bits per heavy atom.